The summed E-state index contributed by atoms with van der Waals surface area (Å²) >= 11 is 0. The van der Waals surface area contributed by atoms with Crippen molar-refractivity contribution in [1.82, 2.24) is 9.88 Å². The summed E-state index contributed by atoms with van der Waals surface area (Å²) in [5, 5.41) is 6.09. The Labute approximate surface area is 131 Å². The van der Waals surface area contributed by atoms with E-state index >= 15 is 0 Å². The number of rotatable bonds is 4. The van der Waals surface area contributed by atoms with E-state index in [-0.39, 0.29) is 23.9 Å². The molecule has 0 spiro atoms. The molecule has 0 aromatic carbocycles. The number of halogens is 1. The molecule has 5 nitrogen and oxygen atoms in total. The van der Waals surface area contributed by atoms with Crippen LogP contribution in [0.1, 0.15) is 31.2 Å². The maximum atomic E-state index is 12.0. The van der Waals surface area contributed by atoms with Gasteiger partial charge in [0.2, 0.25) is 5.91 Å². The number of pyridine rings is 1. The van der Waals surface area contributed by atoms with E-state index in [0.717, 1.165) is 37.9 Å². The largest absolute Gasteiger partial charge is 0.321 e. The van der Waals surface area contributed by atoms with Crippen LogP contribution in [-0.4, -0.2) is 23.6 Å². The number of aromatic nitrogens is 1. The van der Waals surface area contributed by atoms with Gasteiger partial charge in [-0.3, -0.25) is 9.59 Å². The molecule has 0 radical (unpaired) electrons. The van der Waals surface area contributed by atoms with Gasteiger partial charge in [-0.25, -0.2) is 0 Å². The molecule has 0 saturated carbocycles. The Balaban J connectivity index is 0.00000220. The van der Waals surface area contributed by atoms with E-state index in [4.69, 9.17) is 0 Å². The number of amides is 1. The third kappa shape index (κ3) is 4.86. The SMILES string of the molecule is Cc1ccn(C)c(=O)c1NC(=O)CCC1CCNCC1.Cl. The molecule has 1 aliphatic rings. The van der Waals surface area contributed by atoms with Crippen molar-refractivity contribution in [2.75, 3.05) is 18.4 Å². The predicted molar refractivity (Wildman–Crippen MR) is 87.1 cm³/mol. The molecule has 1 amide bonds. The monoisotopic (exact) mass is 313 g/mol. The Morgan fingerprint density at radius 1 is 1.43 bits per heavy atom. The molecule has 0 bridgehead atoms. The van der Waals surface area contributed by atoms with Crippen molar-refractivity contribution in [3.05, 3.63) is 28.2 Å². The fraction of sp³-hybridized carbons (Fsp3) is 0.600. The molecule has 2 heterocycles. The number of aryl methyl sites for hydroxylation is 2. The number of nitrogens with one attached hydrogen (secondary N) is 2. The molecular weight excluding hydrogens is 290 g/mol. The molecule has 21 heavy (non-hydrogen) atoms. The summed E-state index contributed by atoms with van der Waals surface area (Å²) in [6.45, 7) is 3.93. The number of carbonyl (C=O) groups excluding carboxylic acids is 1. The summed E-state index contributed by atoms with van der Waals surface area (Å²) in [4.78, 5) is 24.0. The molecule has 1 aromatic rings. The lowest BCUT2D eigenvalue weighted by Gasteiger charge is -2.22. The third-order valence-corrected chi connectivity index (χ3v) is 3.98. The lowest BCUT2D eigenvalue weighted by molar-refractivity contribution is -0.116. The lowest BCUT2D eigenvalue weighted by Crippen LogP contribution is -2.29. The fourth-order valence-electron chi connectivity index (χ4n) is 2.58. The van der Waals surface area contributed by atoms with Crippen LogP contribution in [0, 0.1) is 12.8 Å². The topological polar surface area (TPSA) is 63.1 Å². The highest BCUT2D eigenvalue weighted by Gasteiger charge is 2.15. The van der Waals surface area contributed by atoms with Crippen molar-refractivity contribution in [3.8, 4) is 0 Å². The Kier molecular flexibility index (Phi) is 6.92. The molecule has 118 valence electrons. The zero-order valence-electron chi connectivity index (χ0n) is 12.6. The molecule has 1 fully saturated rings. The van der Waals surface area contributed by atoms with Gasteiger partial charge in [0, 0.05) is 19.7 Å². The molecule has 1 saturated heterocycles. The molecule has 1 aromatic heterocycles. The van der Waals surface area contributed by atoms with Crippen LogP contribution < -0.4 is 16.2 Å². The van der Waals surface area contributed by atoms with Crippen LogP contribution >= 0.6 is 12.4 Å². The molecule has 0 unspecified atom stereocenters. The van der Waals surface area contributed by atoms with Gasteiger partial charge in [-0.2, -0.15) is 0 Å². The van der Waals surface area contributed by atoms with Crippen molar-refractivity contribution in [1.29, 1.82) is 0 Å². The standard InChI is InChI=1S/C15H23N3O2.ClH/c1-11-7-10-18(2)15(20)14(11)17-13(19)4-3-12-5-8-16-9-6-12;/h7,10,12,16H,3-6,8-9H2,1-2H3,(H,17,19);1H. The predicted octanol–water partition coefficient (Wildman–Crippen LogP) is 1.83. The summed E-state index contributed by atoms with van der Waals surface area (Å²) in [6.07, 6.45) is 5.38. The van der Waals surface area contributed by atoms with Gasteiger partial charge in [0.1, 0.15) is 5.69 Å². The van der Waals surface area contributed by atoms with Crippen molar-refractivity contribution in [2.45, 2.75) is 32.6 Å². The van der Waals surface area contributed by atoms with E-state index in [1.165, 1.54) is 4.57 Å². The second kappa shape index (κ2) is 8.20. The van der Waals surface area contributed by atoms with Crippen molar-refractivity contribution >= 4 is 24.0 Å². The minimum absolute atomic E-state index is 0. The molecule has 2 rings (SSSR count). The van der Waals surface area contributed by atoms with Crippen LogP contribution in [0.2, 0.25) is 0 Å². The first-order valence-electron chi connectivity index (χ1n) is 7.24. The maximum Gasteiger partial charge on any atom is 0.274 e. The summed E-state index contributed by atoms with van der Waals surface area (Å²) in [6, 6.07) is 1.84. The van der Waals surface area contributed by atoms with Gasteiger partial charge in [0.25, 0.3) is 5.56 Å². The second-order valence-electron chi connectivity index (χ2n) is 5.57. The fourth-order valence-corrected chi connectivity index (χ4v) is 2.58. The van der Waals surface area contributed by atoms with E-state index in [2.05, 4.69) is 10.6 Å². The first kappa shape index (κ1) is 17.7. The lowest BCUT2D eigenvalue weighted by atomic mass is 9.93. The van der Waals surface area contributed by atoms with Crippen molar-refractivity contribution in [3.63, 3.8) is 0 Å². The Morgan fingerprint density at radius 3 is 2.76 bits per heavy atom. The van der Waals surface area contributed by atoms with Crippen LogP contribution in [0.4, 0.5) is 5.69 Å². The number of piperidine rings is 1. The van der Waals surface area contributed by atoms with Crippen LogP contribution in [0.15, 0.2) is 17.1 Å². The number of anilines is 1. The van der Waals surface area contributed by atoms with Gasteiger partial charge >= 0.3 is 0 Å². The van der Waals surface area contributed by atoms with E-state index in [1.807, 2.05) is 13.0 Å². The van der Waals surface area contributed by atoms with E-state index in [1.54, 1.807) is 13.2 Å². The minimum atomic E-state index is -0.153. The summed E-state index contributed by atoms with van der Waals surface area (Å²) < 4.78 is 1.48. The maximum absolute atomic E-state index is 12.0. The molecule has 2 N–H and O–H groups in total. The van der Waals surface area contributed by atoms with Gasteiger partial charge in [-0.1, -0.05) is 0 Å². The van der Waals surface area contributed by atoms with Crippen LogP contribution in [-0.2, 0) is 11.8 Å². The van der Waals surface area contributed by atoms with Gasteiger partial charge in [-0.15, -0.1) is 12.4 Å². The Hall–Kier alpha value is -1.33. The van der Waals surface area contributed by atoms with E-state index in [0.29, 0.717) is 18.0 Å². The number of nitrogens with zero attached hydrogens (tertiary/aromatic N) is 1. The Bertz CT molecular complexity index is 536. The first-order valence-corrected chi connectivity index (χ1v) is 7.24. The van der Waals surface area contributed by atoms with Crippen molar-refractivity contribution in [2.24, 2.45) is 13.0 Å². The average molecular weight is 314 g/mol. The summed E-state index contributed by atoms with van der Waals surface area (Å²) in [5.74, 6) is 0.566. The van der Waals surface area contributed by atoms with Crippen molar-refractivity contribution < 1.29 is 4.79 Å². The summed E-state index contributed by atoms with van der Waals surface area (Å²) in [7, 11) is 1.69. The number of carbonyl (C=O) groups is 1. The van der Waals surface area contributed by atoms with E-state index < -0.39 is 0 Å². The van der Waals surface area contributed by atoms with Crippen LogP contribution in [0.5, 0.6) is 0 Å². The van der Waals surface area contributed by atoms with Gasteiger partial charge in [0.05, 0.1) is 0 Å². The quantitative estimate of drug-likeness (QED) is 0.891. The van der Waals surface area contributed by atoms with E-state index in [9.17, 15) is 9.59 Å². The van der Waals surface area contributed by atoms with Crippen LogP contribution in [0.25, 0.3) is 0 Å². The molecular formula is C15H24ClN3O2. The highest BCUT2D eigenvalue weighted by molar-refractivity contribution is 5.91. The average Bonchev–Trinajstić information content (AvgIpc) is 2.46. The number of hydrogen-bond acceptors (Lipinski definition) is 3. The third-order valence-electron chi connectivity index (χ3n) is 3.98. The second-order valence-corrected chi connectivity index (χ2v) is 5.57. The molecule has 0 atom stereocenters. The highest BCUT2D eigenvalue weighted by Crippen LogP contribution is 2.18. The smallest absolute Gasteiger partial charge is 0.274 e. The van der Waals surface area contributed by atoms with Gasteiger partial charge in [0.15, 0.2) is 0 Å². The van der Waals surface area contributed by atoms with Gasteiger partial charge < -0.3 is 15.2 Å². The minimum Gasteiger partial charge on any atom is -0.321 e. The van der Waals surface area contributed by atoms with Crippen LogP contribution in [0.3, 0.4) is 0 Å². The summed E-state index contributed by atoms with van der Waals surface area (Å²) in [5.41, 5.74) is 1.06. The molecule has 0 aliphatic carbocycles. The normalized spacial score (nSPS) is 15.3. The zero-order chi connectivity index (χ0) is 14.5. The first-order chi connectivity index (χ1) is 9.58. The molecule has 6 heteroatoms. The highest BCUT2D eigenvalue weighted by atomic mass is 35.5. The Morgan fingerprint density at radius 2 is 2.10 bits per heavy atom. The zero-order valence-corrected chi connectivity index (χ0v) is 13.5. The molecule has 1 aliphatic heterocycles. The number of hydrogen-bond donors (Lipinski definition) is 2. The van der Waals surface area contributed by atoms with Gasteiger partial charge in [-0.05, 0) is 56.8 Å².